The fourth-order valence-electron chi connectivity index (χ4n) is 2.77. The molecule has 1 fully saturated rings. The second kappa shape index (κ2) is 10.4. The second-order valence-electron chi connectivity index (χ2n) is 6.44. The number of benzene rings is 1. The van der Waals surface area contributed by atoms with Gasteiger partial charge in [0.15, 0.2) is 5.11 Å². The third-order valence-electron chi connectivity index (χ3n) is 4.23. The number of nitro benzene ring substituents is 2. The number of nitro groups is 2. The topological polar surface area (TPSA) is 174 Å². The third kappa shape index (κ3) is 6.15. The molecular weight excluding hydrogens is 434 g/mol. The quantitative estimate of drug-likeness (QED) is 0.258. The summed E-state index contributed by atoms with van der Waals surface area (Å²) in [5, 5.41) is 26.7. The Morgan fingerprint density at radius 3 is 2.42 bits per heavy atom. The minimum Gasteiger partial charge on any atom is -0.466 e. The van der Waals surface area contributed by atoms with Crippen LogP contribution in [-0.2, 0) is 14.3 Å². The largest absolute Gasteiger partial charge is 0.466 e. The van der Waals surface area contributed by atoms with Gasteiger partial charge in [0.05, 0.1) is 34.5 Å². The lowest BCUT2D eigenvalue weighted by atomic mass is 10.1. The molecule has 1 atom stereocenters. The van der Waals surface area contributed by atoms with Gasteiger partial charge in [0, 0.05) is 25.2 Å². The monoisotopic (exact) mass is 453 g/mol. The molecule has 1 aliphatic heterocycles. The Morgan fingerprint density at radius 2 is 1.87 bits per heavy atom. The number of non-ortho nitro benzene ring substituents is 2. The Morgan fingerprint density at radius 1 is 1.26 bits per heavy atom. The molecule has 1 heterocycles. The van der Waals surface area contributed by atoms with Crippen LogP contribution in [0, 0.1) is 20.2 Å². The number of esters is 1. The number of hydrogen-bond acceptors (Lipinski definition) is 9. The molecule has 2 N–H and O–H groups in total. The van der Waals surface area contributed by atoms with Crippen LogP contribution >= 0.6 is 12.2 Å². The number of carbonyl (C=O) groups excluding carboxylic acids is 3. The number of hydrogen-bond donors (Lipinski definition) is 2. The van der Waals surface area contributed by atoms with Gasteiger partial charge < -0.3 is 15.0 Å². The molecule has 14 heteroatoms. The molecule has 0 saturated carbocycles. The van der Waals surface area contributed by atoms with Crippen molar-refractivity contribution in [2.24, 2.45) is 0 Å². The Balaban J connectivity index is 2.19. The number of nitrogens with zero attached hydrogens (tertiary/aromatic N) is 3. The second-order valence-corrected chi connectivity index (χ2v) is 6.82. The summed E-state index contributed by atoms with van der Waals surface area (Å²) in [7, 11) is 0. The number of carbonyl (C=O) groups is 3. The van der Waals surface area contributed by atoms with E-state index >= 15 is 0 Å². The molecule has 0 bridgehead atoms. The Kier molecular flexibility index (Phi) is 7.90. The number of thiocarbonyl (C=S) groups is 1. The van der Waals surface area contributed by atoms with Gasteiger partial charge in [-0.1, -0.05) is 6.92 Å². The van der Waals surface area contributed by atoms with Gasteiger partial charge in [-0.2, -0.15) is 0 Å². The van der Waals surface area contributed by atoms with Gasteiger partial charge in [-0.25, -0.2) is 0 Å². The molecule has 2 amide bonds. The van der Waals surface area contributed by atoms with E-state index in [1.807, 2.05) is 6.92 Å². The molecule has 2 rings (SSSR count). The van der Waals surface area contributed by atoms with Gasteiger partial charge in [0.2, 0.25) is 5.91 Å². The average Bonchev–Trinajstić information content (AvgIpc) is 2.73. The van der Waals surface area contributed by atoms with Crippen LogP contribution in [0.5, 0.6) is 0 Å². The Labute approximate surface area is 181 Å². The first-order chi connectivity index (χ1) is 14.6. The lowest BCUT2D eigenvalue weighted by Crippen LogP contribution is -2.60. The molecule has 0 spiro atoms. The molecule has 0 aromatic heterocycles. The SMILES string of the molecule is CCCOC(=O)CC1C(=O)NCCN1C(=S)NC(=O)c1cc([N+](=O)[O-])cc([N+](=O)[O-])c1. The maximum absolute atomic E-state index is 12.5. The lowest BCUT2D eigenvalue weighted by Gasteiger charge is -2.36. The van der Waals surface area contributed by atoms with Crippen LogP contribution in [0.1, 0.15) is 30.1 Å². The van der Waals surface area contributed by atoms with E-state index in [0.717, 1.165) is 18.2 Å². The van der Waals surface area contributed by atoms with Crippen molar-refractivity contribution in [3.63, 3.8) is 0 Å². The minimum absolute atomic E-state index is 0.186. The molecule has 0 aliphatic carbocycles. The zero-order valence-electron chi connectivity index (χ0n) is 16.4. The molecule has 1 aliphatic rings. The molecule has 1 saturated heterocycles. The summed E-state index contributed by atoms with van der Waals surface area (Å²) >= 11 is 5.18. The van der Waals surface area contributed by atoms with Crippen molar-refractivity contribution in [2.75, 3.05) is 19.7 Å². The minimum atomic E-state index is -1.02. The van der Waals surface area contributed by atoms with Gasteiger partial charge in [0.1, 0.15) is 6.04 Å². The van der Waals surface area contributed by atoms with Gasteiger partial charge in [-0.05, 0) is 18.6 Å². The van der Waals surface area contributed by atoms with E-state index in [2.05, 4.69) is 10.6 Å². The standard InChI is InChI=1S/C17H19N5O8S/c1-2-5-30-14(23)9-13-16(25)18-3-4-20(13)17(31)19-15(24)10-6-11(21(26)27)8-12(7-10)22(28)29/h6-8,13H,2-5,9H2,1H3,(H,18,25)(H,19,24,31). The lowest BCUT2D eigenvalue weighted by molar-refractivity contribution is -0.394. The number of rotatable bonds is 7. The van der Waals surface area contributed by atoms with E-state index in [9.17, 15) is 34.6 Å². The maximum Gasteiger partial charge on any atom is 0.308 e. The van der Waals surface area contributed by atoms with Gasteiger partial charge in [-0.15, -0.1) is 0 Å². The molecule has 13 nitrogen and oxygen atoms in total. The molecule has 166 valence electrons. The first-order valence-electron chi connectivity index (χ1n) is 9.13. The van der Waals surface area contributed by atoms with Crippen LogP contribution in [0.4, 0.5) is 11.4 Å². The highest BCUT2D eigenvalue weighted by atomic mass is 32.1. The summed E-state index contributed by atoms with van der Waals surface area (Å²) in [6.45, 7) is 2.40. The molecule has 1 unspecified atom stereocenters. The highest BCUT2D eigenvalue weighted by Crippen LogP contribution is 2.23. The number of piperazine rings is 1. The Bertz CT molecular complexity index is 905. The summed E-state index contributed by atoms with van der Waals surface area (Å²) in [6, 6.07) is 1.44. The van der Waals surface area contributed by atoms with Gasteiger partial charge in [-0.3, -0.25) is 39.9 Å². The number of amides is 2. The van der Waals surface area contributed by atoms with Crippen molar-refractivity contribution in [1.29, 1.82) is 0 Å². The van der Waals surface area contributed by atoms with Crippen LogP contribution in [0.15, 0.2) is 18.2 Å². The molecular formula is C17H19N5O8S. The highest BCUT2D eigenvalue weighted by Gasteiger charge is 2.34. The van der Waals surface area contributed by atoms with Crippen LogP contribution in [-0.4, -0.2) is 63.4 Å². The maximum atomic E-state index is 12.5. The van der Waals surface area contributed by atoms with Crippen molar-refractivity contribution in [2.45, 2.75) is 25.8 Å². The summed E-state index contributed by atoms with van der Waals surface area (Å²) in [6.07, 6.45) is 0.306. The van der Waals surface area contributed by atoms with Crippen molar-refractivity contribution in [3.8, 4) is 0 Å². The predicted octanol–water partition coefficient (Wildman–Crippen LogP) is 0.661. The van der Waals surface area contributed by atoms with Crippen LogP contribution < -0.4 is 10.6 Å². The summed E-state index contributed by atoms with van der Waals surface area (Å²) < 4.78 is 4.99. The van der Waals surface area contributed by atoms with Crippen molar-refractivity contribution < 1.29 is 29.0 Å². The van der Waals surface area contributed by atoms with Crippen molar-refractivity contribution in [3.05, 3.63) is 44.0 Å². The van der Waals surface area contributed by atoms with Crippen molar-refractivity contribution >= 4 is 46.5 Å². The van der Waals surface area contributed by atoms with E-state index in [1.165, 1.54) is 4.90 Å². The molecule has 31 heavy (non-hydrogen) atoms. The predicted molar refractivity (Wildman–Crippen MR) is 109 cm³/mol. The molecule has 1 aromatic carbocycles. The number of ether oxygens (including phenoxy) is 1. The van der Waals surface area contributed by atoms with E-state index in [4.69, 9.17) is 17.0 Å². The zero-order chi connectivity index (χ0) is 23.1. The zero-order valence-corrected chi connectivity index (χ0v) is 17.2. The van der Waals surface area contributed by atoms with E-state index < -0.39 is 45.0 Å². The van der Waals surface area contributed by atoms with E-state index in [1.54, 1.807) is 0 Å². The number of nitrogens with one attached hydrogen (secondary N) is 2. The fraction of sp³-hybridized carbons (Fsp3) is 0.412. The van der Waals surface area contributed by atoms with E-state index in [0.29, 0.717) is 6.42 Å². The highest BCUT2D eigenvalue weighted by molar-refractivity contribution is 7.80. The summed E-state index contributed by atoms with van der Waals surface area (Å²) in [4.78, 5) is 58.3. The van der Waals surface area contributed by atoms with Crippen LogP contribution in [0.3, 0.4) is 0 Å². The first kappa shape index (κ1) is 23.6. The average molecular weight is 453 g/mol. The van der Waals surface area contributed by atoms with Crippen LogP contribution in [0.25, 0.3) is 0 Å². The van der Waals surface area contributed by atoms with Gasteiger partial charge >= 0.3 is 5.97 Å². The first-order valence-corrected chi connectivity index (χ1v) is 9.54. The van der Waals surface area contributed by atoms with Gasteiger partial charge in [0.25, 0.3) is 17.3 Å². The summed E-state index contributed by atoms with van der Waals surface area (Å²) in [5.74, 6) is -2.03. The van der Waals surface area contributed by atoms with E-state index in [-0.39, 0.29) is 36.8 Å². The third-order valence-corrected chi connectivity index (χ3v) is 4.56. The molecule has 1 aromatic rings. The fourth-order valence-corrected chi connectivity index (χ4v) is 3.08. The normalized spacial score (nSPS) is 15.6. The molecule has 0 radical (unpaired) electrons. The summed E-state index contributed by atoms with van der Waals surface area (Å²) in [5.41, 5.74) is -1.64. The van der Waals surface area contributed by atoms with Crippen LogP contribution in [0.2, 0.25) is 0 Å². The Hall–Kier alpha value is -3.68. The smallest absolute Gasteiger partial charge is 0.308 e. The van der Waals surface area contributed by atoms with Crippen molar-refractivity contribution in [1.82, 2.24) is 15.5 Å².